The lowest BCUT2D eigenvalue weighted by molar-refractivity contribution is 0.494. The van der Waals surface area contributed by atoms with Crippen molar-refractivity contribution in [2.24, 2.45) is 0 Å². The van der Waals surface area contributed by atoms with E-state index in [0.717, 1.165) is 18.1 Å². The van der Waals surface area contributed by atoms with Crippen molar-refractivity contribution in [3.63, 3.8) is 0 Å². The first kappa shape index (κ1) is 14.2. The Balaban J connectivity index is 2.48. The molecule has 1 atom stereocenters. The van der Waals surface area contributed by atoms with E-state index in [1.165, 1.54) is 16.0 Å². The topological polar surface area (TPSA) is 25.2 Å². The fourth-order valence-electron chi connectivity index (χ4n) is 2.43. The van der Waals surface area contributed by atoms with Crippen LogP contribution >= 0.6 is 11.8 Å². The standard InChI is InChI=1S/C16H21NOS/c1-5-17-16(14-10-11(2)18-12(14)3)13-8-6-7-9-15(13)19-4/h6-10,16-17H,5H2,1-4H3. The molecule has 1 unspecified atom stereocenters. The highest BCUT2D eigenvalue weighted by atomic mass is 32.2. The summed E-state index contributed by atoms with van der Waals surface area (Å²) in [6.45, 7) is 7.10. The van der Waals surface area contributed by atoms with E-state index in [1.54, 1.807) is 11.8 Å². The van der Waals surface area contributed by atoms with Gasteiger partial charge in [0.15, 0.2) is 0 Å². The Morgan fingerprint density at radius 3 is 2.53 bits per heavy atom. The van der Waals surface area contributed by atoms with Crippen molar-refractivity contribution in [1.82, 2.24) is 5.32 Å². The first-order valence-corrected chi connectivity index (χ1v) is 7.83. The minimum atomic E-state index is 0.200. The summed E-state index contributed by atoms with van der Waals surface area (Å²) in [5.41, 5.74) is 2.56. The second-order valence-electron chi connectivity index (χ2n) is 4.60. The van der Waals surface area contributed by atoms with Crippen molar-refractivity contribution in [3.8, 4) is 0 Å². The molecule has 0 aliphatic carbocycles. The molecule has 1 aromatic heterocycles. The molecule has 0 aliphatic heterocycles. The van der Waals surface area contributed by atoms with Gasteiger partial charge in [-0.2, -0.15) is 0 Å². The first-order chi connectivity index (χ1) is 9.17. The molecule has 2 aromatic rings. The Hall–Kier alpha value is -1.19. The van der Waals surface area contributed by atoms with E-state index in [9.17, 15) is 0 Å². The third-order valence-electron chi connectivity index (χ3n) is 3.25. The Bertz CT molecular complexity index is 547. The maximum atomic E-state index is 5.69. The fraction of sp³-hybridized carbons (Fsp3) is 0.375. The quantitative estimate of drug-likeness (QED) is 0.823. The average Bonchev–Trinajstić information content (AvgIpc) is 2.75. The molecule has 0 radical (unpaired) electrons. The summed E-state index contributed by atoms with van der Waals surface area (Å²) >= 11 is 1.79. The van der Waals surface area contributed by atoms with Crippen LogP contribution in [-0.4, -0.2) is 12.8 Å². The molecule has 102 valence electrons. The summed E-state index contributed by atoms with van der Waals surface area (Å²) in [7, 11) is 0. The van der Waals surface area contributed by atoms with Gasteiger partial charge in [0.1, 0.15) is 11.5 Å². The van der Waals surface area contributed by atoms with Crippen molar-refractivity contribution in [2.45, 2.75) is 31.7 Å². The highest BCUT2D eigenvalue weighted by Crippen LogP contribution is 2.32. The van der Waals surface area contributed by atoms with Crippen LogP contribution in [0.5, 0.6) is 0 Å². The molecular formula is C16H21NOS. The molecular weight excluding hydrogens is 254 g/mol. The number of hydrogen-bond acceptors (Lipinski definition) is 3. The van der Waals surface area contributed by atoms with Gasteiger partial charge in [-0.1, -0.05) is 25.1 Å². The number of thioether (sulfide) groups is 1. The van der Waals surface area contributed by atoms with E-state index < -0.39 is 0 Å². The van der Waals surface area contributed by atoms with Crippen LogP contribution < -0.4 is 5.32 Å². The largest absolute Gasteiger partial charge is 0.466 e. The summed E-state index contributed by atoms with van der Waals surface area (Å²) in [5, 5.41) is 3.57. The zero-order valence-electron chi connectivity index (χ0n) is 12.0. The summed E-state index contributed by atoms with van der Waals surface area (Å²) in [6, 6.07) is 10.9. The first-order valence-electron chi connectivity index (χ1n) is 6.60. The van der Waals surface area contributed by atoms with Gasteiger partial charge in [0.2, 0.25) is 0 Å². The van der Waals surface area contributed by atoms with Crippen molar-refractivity contribution >= 4 is 11.8 Å². The third kappa shape index (κ3) is 3.04. The molecule has 0 saturated heterocycles. The summed E-state index contributed by atoms with van der Waals surface area (Å²) in [5.74, 6) is 1.97. The molecule has 0 spiro atoms. The van der Waals surface area contributed by atoms with Gasteiger partial charge in [-0.15, -0.1) is 11.8 Å². The molecule has 0 saturated carbocycles. The molecule has 0 aliphatic rings. The minimum Gasteiger partial charge on any atom is -0.466 e. The van der Waals surface area contributed by atoms with Gasteiger partial charge in [-0.05, 0) is 44.3 Å². The van der Waals surface area contributed by atoms with Crippen LogP contribution in [0.15, 0.2) is 39.6 Å². The smallest absolute Gasteiger partial charge is 0.106 e. The lowest BCUT2D eigenvalue weighted by atomic mass is 9.99. The van der Waals surface area contributed by atoms with Gasteiger partial charge < -0.3 is 9.73 Å². The molecule has 0 bridgehead atoms. The van der Waals surface area contributed by atoms with Crippen LogP contribution in [0.4, 0.5) is 0 Å². The van der Waals surface area contributed by atoms with Gasteiger partial charge in [0, 0.05) is 10.5 Å². The van der Waals surface area contributed by atoms with E-state index in [2.05, 4.69) is 48.8 Å². The zero-order valence-corrected chi connectivity index (χ0v) is 12.8. The molecule has 3 heteroatoms. The number of nitrogens with one attached hydrogen (secondary N) is 1. The summed E-state index contributed by atoms with van der Waals surface area (Å²) in [6.07, 6.45) is 2.12. The van der Waals surface area contributed by atoms with Crippen LogP contribution in [0, 0.1) is 13.8 Å². The maximum Gasteiger partial charge on any atom is 0.106 e. The zero-order chi connectivity index (χ0) is 13.8. The van der Waals surface area contributed by atoms with Crippen LogP contribution in [0.3, 0.4) is 0 Å². The van der Waals surface area contributed by atoms with Crippen LogP contribution in [0.2, 0.25) is 0 Å². The van der Waals surface area contributed by atoms with Crippen LogP contribution in [-0.2, 0) is 0 Å². The van der Waals surface area contributed by atoms with Gasteiger partial charge >= 0.3 is 0 Å². The molecule has 0 fully saturated rings. The van der Waals surface area contributed by atoms with E-state index >= 15 is 0 Å². The highest BCUT2D eigenvalue weighted by Gasteiger charge is 2.20. The average molecular weight is 275 g/mol. The minimum absolute atomic E-state index is 0.200. The Labute approximate surface area is 119 Å². The van der Waals surface area contributed by atoms with Crippen molar-refractivity contribution in [3.05, 3.63) is 53.0 Å². The Morgan fingerprint density at radius 1 is 1.21 bits per heavy atom. The van der Waals surface area contributed by atoms with Gasteiger partial charge in [-0.3, -0.25) is 0 Å². The predicted octanol–water partition coefficient (Wildman–Crippen LogP) is 4.32. The lowest BCUT2D eigenvalue weighted by Crippen LogP contribution is -2.22. The third-order valence-corrected chi connectivity index (χ3v) is 4.06. The van der Waals surface area contributed by atoms with Crippen molar-refractivity contribution in [1.29, 1.82) is 0 Å². The molecule has 1 N–H and O–H groups in total. The molecule has 0 amide bonds. The normalized spacial score (nSPS) is 12.6. The monoisotopic (exact) mass is 275 g/mol. The SMILES string of the molecule is CCNC(c1ccccc1SC)c1cc(C)oc1C. The van der Waals surface area contributed by atoms with Crippen LogP contribution in [0.25, 0.3) is 0 Å². The van der Waals surface area contributed by atoms with E-state index in [0.29, 0.717) is 0 Å². The van der Waals surface area contributed by atoms with E-state index in [4.69, 9.17) is 4.42 Å². The number of benzene rings is 1. The molecule has 2 nitrogen and oxygen atoms in total. The van der Waals surface area contributed by atoms with Gasteiger partial charge in [-0.25, -0.2) is 0 Å². The molecule has 1 aromatic carbocycles. The lowest BCUT2D eigenvalue weighted by Gasteiger charge is -2.20. The molecule has 19 heavy (non-hydrogen) atoms. The van der Waals surface area contributed by atoms with Crippen molar-refractivity contribution in [2.75, 3.05) is 12.8 Å². The maximum absolute atomic E-state index is 5.69. The number of aryl methyl sites for hydroxylation is 2. The fourth-order valence-corrected chi connectivity index (χ4v) is 3.07. The summed E-state index contributed by atoms with van der Waals surface area (Å²) < 4.78 is 5.69. The number of furan rings is 1. The highest BCUT2D eigenvalue weighted by molar-refractivity contribution is 7.98. The second-order valence-corrected chi connectivity index (χ2v) is 5.45. The van der Waals surface area contributed by atoms with E-state index in [-0.39, 0.29) is 6.04 Å². The van der Waals surface area contributed by atoms with Gasteiger partial charge in [0.25, 0.3) is 0 Å². The van der Waals surface area contributed by atoms with E-state index in [1.807, 2.05) is 13.8 Å². The Morgan fingerprint density at radius 2 is 1.95 bits per heavy atom. The number of hydrogen-bond donors (Lipinski definition) is 1. The predicted molar refractivity (Wildman–Crippen MR) is 81.9 cm³/mol. The Kier molecular flexibility index (Phi) is 4.72. The van der Waals surface area contributed by atoms with Crippen molar-refractivity contribution < 1.29 is 4.42 Å². The van der Waals surface area contributed by atoms with Gasteiger partial charge in [0.05, 0.1) is 6.04 Å². The second kappa shape index (κ2) is 6.31. The van der Waals surface area contributed by atoms with Crippen LogP contribution in [0.1, 0.15) is 35.6 Å². The number of rotatable bonds is 5. The molecule has 2 rings (SSSR count). The molecule has 1 heterocycles. The summed E-state index contributed by atoms with van der Waals surface area (Å²) in [4.78, 5) is 1.31.